The van der Waals surface area contributed by atoms with Crippen LogP contribution >= 0.6 is 28.1 Å². The third-order valence-corrected chi connectivity index (χ3v) is 2.52. The van der Waals surface area contributed by atoms with Crippen LogP contribution in [0.25, 0.3) is 0 Å². The highest BCUT2D eigenvalue weighted by Gasteiger charge is 2.33. The van der Waals surface area contributed by atoms with Gasteiger partial charge in [-0.05, 0) is 40.3 Å². The van der Waals surface area contributed by atoms with Gasteiger partial charge in [0, 0.05) is 0 Å². The van der Waals surface area contributed by atoms with Crippen LogP contribution in [0.3, 0.4) is 0 Å². The number of thiocarbonyl (C=S) groups is 1. The highest BCUT2D eigenvalue weighted by molar-refractivity contribution is 9.10. The molecule has 15 heavy (non-hydrogen) atoms. The van der Waals surface area contributed by atoms with E-state index >= 15 is 0 Å². The summed E-state index contributed by atoms with van der Waals surface area (Å²) in [7, 11) is 0. The Labute approximate surface area is 97.8 Å². The van der Waals surface area contributed by atoms with Gasteiger partial charge < -0.3 is 11.1 Å². The highest BCUT2D eigenvalue weighted by atomic mass is 79.9. The van der Waals surface area contributed by atoms with E-state index in [1.807, 2.05) is 0 Å². The van der Waals surface area contributed by atoms with Gasteiger partial charge in [0.2, 0.25) is 0 Å². The van der Waals surface area contributed by atoms with Gasteiger partial charge in [0.25, 0.3) is 0 Å². The fourth-order valence-electron chi connectivity index (χ4n) is 0.980. The van der Waals surface area contributed by atoms with Gasteiger partial charge in [0.05, 0.1) is 15.7 Å². The normalized spacial score (nSPS) is 11.2. The minimum absolute atomic E-state index is 0.0879. The number of nitrogens with one attached hydrogen (secondary N) is 1. The molecule has 1 aromatic rings. The Kier molecular flexibility index (Phi) is 3.56. The predicted molar refractivity (Wildman–Crippen MR) is 59.6 cm³/mol. The maximum Gasteiger partial charge on any atom is 0.417 e. The summed E-state index contributed by atoms with van der Waals surface area (Å²) in [5.41, 5.74) is 4.59. The van der Waals surface area contributed by atoms with Gasteiger partial charge in [0.1, 0.15) is 0 Å². The zero-order valence-corrected chi connectivity index (χ0v) is 9.63. The number of alkyl halides is 3. The molecule has 2 nitrogen and oxygen atoms in total. The molecule has 0 atom stereocenters. The van der Waals surface area contributed by atoms with E-state index in [0.29, 0.717) is 0 Å². The van der Waals surface area contributed by atoms with Crippen molar-refractivity contribution in [2.75, 3.05) is 5.32 Å². The zero-order chi connectivity index (χ0) is 11.6. The molecule has 0 aliphatic rings. The quantitative estimate of drug-likeness (QED) is 0.783. The van der Waals surface area contributed by atoms with Crippen molar-refractivity contribution < 1.29 is 13.2 Å². The van der Waals surface area contributed by atoms with E-state index in [4.69, 9.17) is 5.73 Å². The second kappa shape index (κ2) is 4.36. The van der Waals surface area contributed by atoms with Crippen LogP contribution < -0.4 is 11.1 Å². The molecule has 1 rings (SSSR count). The van der Waals surface area contributed by atoms with Gasteiger partial charge in [-0.1, -0.05) is 6.07 Å². The fraction of sp³-hybridized carbons (Fsp3) is 0.125. The summed E-state index contributed by atoms with van der Waals surface area (Å²) in [5, 5.41) is 2.36. The van der Waals surface area contributed by atoms with E-state index in [1.165, 1.54) is 12.1 Å². The molecule has 0 aliphatic carbocycles. The van der Waals surface area contributed by atoms with Gasteiger partial charge in [-0.2, -0.15) is 13.2 Å². The Bertz CT molecular complexity index is 392. The van der Waals surface area contributed by atoms with Crippen LogP contribution in [0, 0.1) is 0 Å². The van der Waals surface area contributed by atoms with E-state index in [9.17, 15) is 13.2 Å². The molecule has 0 heterocycles. The van der Waals surface area contributed by atoms with Crippen molar-refractivity contribution >= 4 is 38.9 Å². The molecule has 0 spiro atoms. The van der Waals surface area contributed by atoms with Crippen molar-refractivity contribution in [3.05, 3.63) is 28.2 Å². The zero-order valence-electron chi connectivity index (χ0n) is 7.23. The van der Waals surface area contributed by atoms with Crippen LogP contribution in [0.15, 0.2) is 22.7 Å². The molecule has 3 N–H and O–H groups in total. The van der Waals surface area contributed by atoms with Crippen LogP contribution in [0.4, 0.5) is 18.9 Å². The van der Waals surface area contributed by atoms with E-state index in [2.05, 4.69) is 33.5 Å². The monoisotopic (exact) mass is 298 g/mol. The minimum atomic E-state index is -4.41. The summed E-state index contributed by atoms with van der Waals surface area (Å²) < 4.78 is 37.2. The van der Waals surface area contributed by atoms with Gasteiger partial charge >= 0.3 is 6.18 Å². The molecule has 0 saturated carbocycles. The van der Waals surface area contributed by atoms with Crippen LogP contribution in [0.2, 0.25) is 0 Å². The minimum Gasteiger partial charge on any atom is -0.376 e. The summed E-state index contributed by atoms with van der Waals surface area (Å²) in [5.74, 6) is 0. The smallest absolute Gasteiger partial charge is 0.376 e. The molecule has 0 amide bonds. The van der Waals surface area contributed by atoms with Crippen molar-refractivity contribution in [1.29, 1.82) is 0 Å². The van der Waals surface area contributed by atoms with Crippen molar-refractivity contribution in [3.63, 3.8) is 0 Å². The number of halogens is 4. The lowest BCUT2D eigenvalue weighted by molar-refractivity contribution is -0.138. The Morgan fingerprint density at radius 2 is 2.00 bits per heavy atom. The van der Waals surface area contributed by atoms with Crippen LogP contribution in [-0.4, -0.2) is 5.11 Å². The van der Waals surface area contributed by atoms with E-state index < -0.39 is 11.7 Å². The summed E-state index contributed by atoms with van der Waals surface area (Å²) >= 11 is 7.39. The molecule has 0 fully saturated rings. The maximum atomic E-state index is 12.4. The Balaban J connectivity index is 3.17. The van der Waals surface area contributed by atoms with Crippen molar-refractivity contribution in [2.24, 2.45) is 5.73 Å². The number of rotatable bonds is 1. The average molecular weight is 299 g/mol. The van der Waals surface area contributed by atoms with Gasteiger partial charge in [-0.15, -0.1) is 0 Å². The van der Waals surface area contributed by atoms with Crippen molar-refractivity contribution in [1.82, 2.24) is 0 Å². The average Bonchev–Trinajstić information content (AvgIpc) is 2.05. The van der Waals surface area contributed by atoms with Crippen molar-refractivity contribution in [3.8, 4) is 0 Å². The largest absolute Gasteiger partial charge is 0.417 e. The van der Waals surface area contributed by atoms with E-state index in [-0.39, 0.29) is 15.3 Å². The number of anilines is 1. The summed E-state index contributed by atoms with van der Waals surface area (Å²) in [6.07, 6.45) is -4.41. The summed E-state index contributed by atoms with van der Waals surface area (Å²) in [6.45, 7) is 0. The third kappa shape index (κ3) is 3.07. The van der Waals surface area contributed by atoms with Crippen molar-refractivity contribution in [2.45, 2.75) is 6.18 Å². The number of hydrogen-bond donors (Lipinski definition) is 2. The van der Waals surface area contributed by atoms with Gasteiger partial charge in [0.15, 0.2) is 5.11 Å². The lowest BCUT2D eigenvalue weighted by Crippen LogP contribution is -2.20. The molecule has 0 aliphatic heterocycles. The topological polar surface area (TPSA) is 38.0 Å². The lowest BCUT2D eigenvalue weighted by Gasteiger charge is -2.13. The Hall–Kier alpha value is -0.820. The molecule has 0 bridgehead atoms. The fourth-order valence-corrected chi connectivity index (χ4v) is 1.68. The first-order chi connectivity index (χ1) is 6.82. The number of hydrogen-bond acceptors (Lipinski definition) is 1. The van der Waals surface area contributed by atoms with Crippen LogP contribution in [-0.2, 0) is 6.18 Å². The predicted octanol–water partition coefficient (Wildman–Crippen LogP) is 3.12. The second-order valence-electron chi connectivity index (χ2n) is 2.65. The standard InChI is InChI=1S/C8H6BrF3N2S/c9-6-4(8(10,11)12)2-1-3-5(6)14-7(13)15/h1-3H,(H3,13,14,15). The van der Waals surface area contributed by atoms with Crippen LogP contribution in [0.1, 0.15) is 5.56 Å². The Morgan fingerprint density at radius 1 is 1.40 bits per heavy atom. The number of benzene rings is 1. The Morgan fingerprint density at radius 3 is 2.47 bits per heavy atom. The van der Waals surface area contributed by atoms with Gasteiger partial charge in [-0.25, -0.2) is 0 Å². The first-order valence-corrected chi connectivity index (χ1v) is 4.94. The maximum absolute atomic E-state index is 12.4. The van der Waals surface area contributed by atoms with E-state index in [1.54, 1.807) is 0 Å². The first kappa shape index (κ1) is 12.3. The molecule has 0 radical (unpaired) electrons. The first-order valence-electron chi connectivity index (χ1n) is 3.74. The third-order valence-electron chi connectivity index (χ3n) is 1.56. The summed E-state index contributed by atoms with van der Waals surface area (Å²) in [4.78, 5) is 0. The van der Waals surface area contributed by atoms with E-state index in [0.717, 1.165) is 6.07 Å². The molecule has 7 heteroatoms. The molecule has 1 aromatic carbocycles. The molecular formula is C8H6BrF3N2S. The molecule has 82 valence electrons. The molecular weight excluding hydrogens is 293 g/mol. The summed E-state index contributed by atoms with van der Waals surface area (Å²) in [6, 6.07) is 3.68. The van der Waals surface area contributed by atoms with Crippen LogP contribution in [0.5, 0.6) is 0 Å². The lowest BCUT2D eigenvalue weighted by atomic mass is 10.2. The second-order valence-corrected chi connectivity index (χ2v) is 3.89. The molecule has 0 aromatic heterocycles. The van der Waals surface area contributed by atoms with Gasteiger partial charge in [-0.3, -0.25) is 0 Å². The highest BCUT2D eigenvalue weighted by Crippen LogP contribution is 2.38. The number of nitrogens with two attached hydrogens (primary N) is 1. The molecule has 0 unspecified atom stereocenters. The SMILES string of the molecule is NC(=S)Nc1cccc(C(F)(F)F)c1Br. The molecule has 0 saturated heterocycles.